The van der Waals surface area contributed by atoms with Gasteiger partial charge in [0, 0.05) is 18.8 Å². The maximum absolute atomic E-state index is 12.3. The highest BCUT2D eigenvalue weighted by Crippen LogP contribution is 2.20. The van der Waals surface area contributed by atoms with Crippen LogP contribution in [0.3, 0.4) is 0 Å². The number of carbonyl (C=O) groups excluding carboxylic acids is 1. The second kappa shape index (κ2) is 6.51. The Labute approximate surface area is 125 Å². The van der Waals surface area contributed by atoms with Gasteiger partial charge >= 0.3 is 6.18 Å². The van der Waals surface area contributed by atoms with E-state index in [1.54, 1.807) is 13.0 Å². The molecule has 1 atom stereocenters. The number of aromatic amines is 1. The van der Waals surface area contributed by atoms with Gasteiger partial charge in [0.2, 0.25) is 0 Å². The van der Waals surface area contributed by atoms with Gasteiger partial charge in [-0.2, -0.15) is 13.2 Å². The molecule has 1 aliphatic heterocycles. The van der Waals surface area contributed by atoms with E-state index in [0.29, 0.717) is 25.1 Å². The Kier molecular flexibility index (Phi) is 4.90. The number of alkyl halides is 3. The van der Waals surface area contributed by atoms with Crippen molar-refractivity contribution in [1.29, 1.82) is 0 Å². The van der Waals surface area contributed by atoms with Crippen LogP contribution >= 0.6 is 0 Å². The van der Waals surface area contributed by atoms with Crippen LogP contribution in [-0.2, 0) is 4.74 Å². The molecule has 1 aliphatic rings. The molecule has 2 rings (SSSR count). The van der Waals surface area contributed by atoms with Crippen molar-refractivity contribution >= 4 is 5.91 Å². The number of amides is 1. The first kappa shape index (κ1) is 16.5. The van der Waals surface area contributed by atoms with Gasteiger partial charge < -0.3 is 14.6 Å². The van der Waals surface area contributed by atoms with Crippen LogP contribution in [0.5, 0.6) is 0 Å². The second-order valence-electron chi connectivity index (χ2n) is 5.33. The predicted octanol–water partition coefficient (Wildman–Crippen LogP) is 1.87. The van der Waals surface area contributed by atoms with Crippen molar-refractivity contribution in [2.75, 3.05) is 19.7 Å². The minimum atomic E-state index is -4.39. The van der Waals surface area contributed by atoms with E-state index in [0.717, 1.165) is 0 Å². The van der Waals surface area contributed by atoms with Crippen LogP contribution in [0.2, 0.25) is 0 Å². The zero-order valence-electron chi connectivity index (χ0n) is 12.1. The summed E-state index contributed by atoms with van der Waals surface area (Å²) in [5.41, 5.74) is 0.122. The third-order valence-electron chi connectivity index (χ3n) is 3.43. The number of hydrogen-bond donors (Lipinski definition) is 1. The fraction of sp³-hybridized carbons (Fsp3) is 0.571. The summed E-state index contributed by atoms with van der Waals surface area (Å²) in [5, 5.41) is 0. The Morgan fingerprint density at radius 3 is 2.82 bits per heavy atom. The number of rotatable bonds is 3. The number of carbonyl (C=O) groups is 1. The molecule has 0 bridgehead atoms. The number of aromatic nitrogens is 1. The predicted molar refractivity (Wildman–Crippen MR) is 72.7 cm³/mol. The molecule has 0 aromatic carbocycles. The van der Waals surface area contributed by atoms with E-state index < -0.39 is 30.4 Å². The first-order valence-electron chi connectivity index (χ1n) is 6.94. The van der Waals surface area contributed by atoms with E-state index >= 15 is 0 Å². The smallest absolute Gasteiger partial charge is 0.367 e. The van der Waals surface area contributed by atoms with Crippen LogP contribution in [0, 0.1) is 6.92 Å². The first-order valence-corrected chi connectivity index (χ1v) is 6.94. The number of hydrogen-bond acceptors (Lipinski definition) is 3. The van der Waals surface area contributed by atoms with Crippen LogP contribution in [0.4, 0.5) is 13.2 Å². The Morgan fingerprint density at radius 1 is 1.45 bits per heavy atom. The summed E-state index contributed by atoms with van der Waals surface area (Å²) in [5.74, 6) is -0.485. The zero-order valence-corrected chi connectivity index (χ0v) is 12.1. The lowest BCUT2D eigenvalue weighted by Gasteiger charge is -2.32. The summed E-state index contributed by atoms with van der Waals surface area (Å²) in [6.07, 6.45) is -4.05. The number of ether oxygens (including phenoxy) is 1. The van der Waals surface area contributed by atoms with Crippen molar-refractivity contribution in [3.63, 3.8) is 0 Å². The molecule has 0 radical (unpaired) electrons. The van der Waals surface area contributed by atoms with Gasteiger partial charge in [0.15, 0.2) is 0 Å². The molecule has 1 saturated heterocycles. The summed E-state index contributed by atoms with van der Waals surface area (Å²) >= 11 is 0. The molecular weight excluding hydrogens is 301 g/mol. The number of aryl methyl sites for hydroxylation is 1. The maximum atomic E-state index is 12.3. The minimum absolute atomic E-state index is 0.0120. The van der Waals surface area contributed by atoms with Crippen LogP contribution in [0.25, 0.3) is 0 Å². The molecule has 1 fully saturated rings. The summed E-state index contributed by atoms with van der Waals surface area (Å²) < 4.78 is 41.3. The molecular formula is C14H17F3N2O3. The summed E-state index contributed by atoms with van der Waals surface area (Å²) in [4.78, 5) is 28.0. The Balaban J connectivity index is 2.02. The topological polar surface area (TPSA) is 62.4 Å². The van der Waals surface area contributed by atoms with Crippen molar-refractivity contribution in [2.45, 2.75) is 32.0 Å². The van der Waals surface area contributed by atoms with Crippen LogP contribution in [-0.4, -0.2) is 47.8 Å². The fourth-order valence-corrected chi connectivity index (χ4v) is 2.38. The number of H-pyrrole nitrogens is 1. The van der Waals surface area contributed by atoms with Gasteiger partial charge in [0.25, 0.3) is 11.5 Å². The van der Waals surface area contributed by atoms with Gasteiger partial charge in [-0.05, 0) is 31.9 Å². The molecule has 2 heterocycles. The highest BCUT2D eigenvalue weighted by atomic mass is 19.4. The summed E-state index contributed by atoms with van der Waals surface area (Å²) in [6, 6.07) is 3.03. The van der Waals surface area contributed by atoms with Crippen LogP contribution < -0.4 is 5.56 Å². The molecule has 22 heavy (non-hydrogen) atoms. The Bertz CT molecular complexity index is 598. The second-order valence-corrected chi connectivity index (χ2v) is 5.33. The molecule has 0 aliphatic carbocycles. The molecule has 5 nitrogen and oxygen atoms in total. The number of piperidine rings is 1. The minimum Gasteiger partial charge on any atom is -0.367 e. The molecule has 122 valence electrons. The van der Waals surface area contributed by atoms with E-state index in [4.69, 9.17) is 4.74 Å². The van der Waals surface area contributed by atoms with Gasteiger partial charge in [0.05, 0.1) is 6.10 Å². The number of nitrogens with zero attached hydrogens (tertiary/aromatic N) is 1. The van der Waals surface area contributed by atoms with Crippen LogP contribution in [0.1, 0.15) is 28.9 Å². The average Bonchev–Trinajstić information content (AvgIpc) is 2.44. The Hall–Kier alpha value is -1.83. The fourth-order valence-electron chi connectivity index (χ4n) is 2.38. The highest BCUT2D eigenvalue weighted by molar-refractivity contribution is 5.93. The van der Waals surface area contributed by atoms with Gasteiger partial charge in [-0.3, -0.25) is 9.59 Å². The van der Waals surface area contributed by atoms with E-state index in [-0.39, 0.29) is 12.1 Å². The molecule has 1 aromatic rings. The van der Waals surface area contributed by atoms with Gasteiger partial charge in [-0.15, -0.1) is 0 Å². The molecule has 1 N–H and O–H groups in total. The molecule has 1 aromatic heterocycles. The van der Waals surface area contributed by atoms with Crippen molar-refractivity contribution < 1.29 is 22.7 Å². The average molecular weight is 318 g/mol. The third-order valence-corrected chi connectivity index (χ3v) is 3.43. The molecule has 0 saturated carbocycles. The molecule has 1 amide bonds. The lowest BCUT2D eigenvalue weighted by molar-refractivity contribution is -0.188. The van der Waals surface area contributed by atoms with E-state index in [1.165, 1.54) is 11.0 Å². The third kappa shape index (κ3) is 4.33. The molecule has 8 heteroatoms. The van der Waals surface area contributed by atoms with E-state index in [9.17, 15) is 22.8 Å². The van der Waals surface area contributed by atoms with Crippen molar-refractivity contribution in [2.24, 2.45) is 0 Å². The van der Waals surface area contributed by atoms with Crippen molar-refractivity contribution in [3.8, 4) is 0 Å². The largest absolute Gasteiger partial charge is 0.411 e. The quantitative estimate of drug-likeness (QED) is 0.925. The summed E-state index contributed by atoms with van der Waals surface area (Å²) in [7, 11) is 0. The van der Waals surface area contributed by atoms with Crippen molar-refractivity contribution in [1.82, 2.24) is 9.88 Å². The normalized spacial score (nSPS) is 19.3. The SMILES string of the molecule is Cc1ccc(C(=O)N2CCCC(OCC(F)(F)F)C2)c(=O)[nH]1. The Morgan fingerprint density at radius 2 is 2.18 bits per heavy atom. The van der Waals surface area contributed by atoms with E-state index in [2.05, 4.69) is 4.98 Å². The zero-order chi connectivity index (χ0) is 16.3. The monoisotopic (exact) mass is 318 g/mol. The lowest BCUT2D eigenvalue weighted by atomic mass is 10.1. The van der Waals surface area contributed by atoms with Crippen molar-refractivity contribution in [3.05, 3.63) is 33.7 Å². The van der Waals surface area contributed by atoms with Gasteiger partial charge in [0.1, 0.15) is 12.2 Å². The summed E-state index contributed by atoms with van der Waals surface area (Å²) in [6.45, 7) is 0.822. The number of halogens is 3. The standard InChI is InChI=1S/C14H17F3N2O3/c1-9-4-5-11(12(20)18-9)13(21)19-6-2-3-10(7-19)22-8-14(15,16)17/h4-5,10H,2-3,6-8H2,1H3,(H,18,20). The lowest BCUT2D eigenvalue weighted by Crippen LogP contribution is -2.45. The maximum Gasteiger partial charge on any atom is 0.411 e. The van der Waals surface area contributed by atoms with Gasteiger partial charge in [-0.25, -0.2) is 0 Å². The number of likely N-dealkylation sites (tertiary alicyclic amines) is 1. The van der Waals surface area contributed by atoms with Crippen LogP contribution in [0.15, 0.2) is 16.9 Å². The van der Waals surface area contributed by atoms with E-state index in [1.807, 2.05) is 0 Å². The van der Waals surface area contributed by atoms with Gasteiger partial charge in [-0.1, -0.05) is 0 Å². The number of pyridine rings is 1. The molecule has 0 spiro atoms. The highest BCUT2D eigenvalue weighted by Gasteiger charge is 2.32. The molecule has 1 unspecified atom stereocenters. The number of nitrogens with one attached hydrogen (secondary N) is 1. The first-order chi connectivity index (χ1) is 10.3.